The van der Waals surface area contributed by atoms with Gasteiger partial charge in [-0.2, -0.15) is 0 Å². The molecule has 0 amide bonds. The Morgan fingerprint density at radius 2 is 1.88 bits per heavy atom. The monoisotopic (exact) mass is 108 g/mol. The van der Waals surface area contributed by atoms with Crippen molar-refractivity contribution in [2.75, 3.05) is 0 Å². The molecule has 0 aromatic rings. The molecular weight excluding hydrogens is 96.1 g/mol. The van der Waals surface area contributed by atoms with E-state index in [4.69, 9.17) is 6.42 Å². The van der Waals surface area contributed by atoms with Crippen LogP contribution < -0.4 is 0 Å². The van der Waals surface area contributed by atoms with E-state index in [1.54, 1.807) is 0 Å². The lowest BCUT2D eigenvalue weighted by Crippen LogP contribution is -1.75. The van der Waals surface area contributed by atoms with Crippen LogP contribution in [0.4, 0.5) is 0 Å². The topological polar surface area (TPSA) is 0 Å². The molecule has 0 aliphatic heterocycles. The maximum Gasteiger partial charge on any atom is 0.0296 e. The van der Waals surface area contributed by atoms with Gasteiger partial charge in [-0.15, -0.1) is 12.3 Å². The van der Waals surface area contributed by atoms with E-state index in [-0.39, 0.29) is 0 Å². The van der Waals surface area contributed by atoms with Crippen molar-refractivity contribution >= 4 is 0 Å². The highest BCUT2D eigenvalue weighted by Gasteiger charge is 1.85. The van der Waals surface area contributed by atoms with Gasteiger partial charge in [0.1, 0.15) is 0 Å². The van der Waals surface area contributed by atoms with Crippen molar-refractivity contribution in [3.05, 3.63) is 11.1 Å². The molecule has 0 saturated carbocycles. The summed E-state index contributed by atoms with van der Waals surface area (Å²) in [5.41, 5.74) is 2.65. The third-order valence-electron chi connectivity index (χ3n) is 1.22. The predicted molar refractivity (Wildman–Crippen MR) is 37.5 cm³/mol. The van der Waals surface area contributed by atoms with Gasteiger partial charge in [-0.1, -0.05) is 11.1 Å². The lowest BCUT2D eigenvalue weighted by atomic mass is 10.1. The van der Waals surface area contributed by atoms with Crippen LogP contribution >= 0.6 is 0 Å². The van der Waals surface area contributed by atoms with Crippen LogP contribution in [0.15, 0.2) is 11.1 Å². The van der Waals surface area contributed by atoms with Crippen LogP contribution in [-0.4, -0.2) is 0 Å². The summed E-state index contributed by atoms with van der Waals surface area (Å²) in [6.45, 7) is 6.22. The van der Waals surface area contributed by atoms with Crippen LogP contribution in [0, 0.1) is 12.3 Å². The van der Waals surface area contributed by atoms with Gasteiger partial charge >= 0.3 is 0 Å². The molecule has 8 heavy (non-hydrogen) atoms. The summed E-state index contributed by atoms with van der Waals surface area (Å²) in [7, 11) is 0. The lowest BCUT2D eigenvalue weighted by molar-refractivity contribution is 1.16. The summed E-state index contributed by atoms with van der Waals surface area (Å²) >= 11 is 0. The van der Waals surface area contributed by atoms with Gasteiger partial charge < -0.3 is 0 Å². The van der Waals surface area contributed by atoms with E-state index in [9.17, 15) is 0 Å². The molecule has 0 radical (unpaired) electrons. The van der Waals surface area contributed by atoms with E-state index in [1.165, 1.54) is 11.1 Å². The minimum absolute atomic E-state index is 0.794. The standard InChI is InChI=1S/C8H12/c1-5-6-8(4)7(2)3/h1H,6H2,2-4H3. The van der Waals surface area contributed by atoms with E-state index in [0.29, 0.717) is 0 Å². The van der Waals surface area contributed by atoms with Crippen molar-refractivity contribution in [3.8, 4) is 12.3 Å². The Morgan fingerprint density at radius 1 is 1.38 bits per heavy atom. The second kappa shape index (κ2) is 3.32. The fourth-order valence-corrected chi connectivity index (χ4v) is 0.330. The molecule has 0 N–H and O–H groups in total. The van der Waals surface area contributed by atoms with Crippen LogP contribution in [0.2, 0.25) is 0 Å². The Morgan fingerprint density at radius 3 is 2.00 bits per heavy atom. The molecule has 0 heterocycles. The van der Waals surface area contributed by atoms with E-state index in [1.807, 2.05) is 0 Å². The van der Waals surface area contributed by atoms with Gasteiger partial charge in [-0.25, -0.2) is 0 Å². The number of terminal acetylenes is 1. The van der Waals surface area contributed by atoms with Gasteiger partial charge in [0.2, 0.25) is 0 Å². The van der Waals surface area contributed by atoms with Crippen LogP contribution in [0.5, 0.6) is 0 Å². The Hall–Kier alpha value is -0.700. The first kappa shape index (κ1) is 7.30. The quantitative estimate of drug-likeness (QED) is 0.357. The Balaban J connectivity index is 3.85. The van der Waals surface area contributed by atoms with Crippen LogP contribution in [0.3, 0.4) is 0 Å². The molecule has 0 unspecified atom stereocenters. The van der Waals surface area contributed by atoms with Gasteiger partial charge in [0.05, 0.1) is 0 Å². The van der Waals surface area contributed by atoms with Crippen LogP contribution in [0.25, 0.3) is 0 Å². The molecule has 0 atom stereocenters. The van der Waals surface area contributed by atoms with Crippen LogP contribution in [-0.2, 0) is 0 Å². The molecule has 0 fully saturated rings. The molecule has 44 valence electrons. The summed E-state index contributed by atoms with van der Waals surface area (Å²) in [5, 5.41) is 0. The van der Waals surface area contributed by atoms with E-state index >= 15 is 0 Å². The van der Waals surface area contributed by atoms with Crippen molar-refractivity contribution in [2.24, 2.45) is 0 Å². The van der Waals surface area contributed by atoms with Gasteiger partial charge in [0, 0.05) is 6.42 Å². The smallest absolute Gasteiger partial charge is 0.0296 e. The molecule has 0 bridgehead atoms. The summed E-state index contributed by atoms with van der Waals surface area (Å²) < 4.78 is 0. The Bertz CT molecular complexity index is 129. The highest BCUT2D eigenvalue weighted by molar-refractivity contribution is 5.12. The first-order chi connectivity index (χ1) is 3.68. The number of rotatable bonds is 1. The zero-order valence-corrected chi connectivity index (χ0v) is 5.78. The summed E-state index contributed by atoms with van der Waals surface area (Å²) in [6.07, 6.45) is 5.88. The molecule has 0 aromatic heterocycles. The second-order valence-corrected chi connectivity index (χ2v) is 2.16. The average Bonchev–Trinajstić information content (AvgIpc) is 1.67. The van der Waals surface area contributed by atoms with Crippen molar-refractivity contribution in [3.63, 3.8) is 0 Å². The maximum atomic E-state index is 5.08. The molecular formula is C8H12. The van der Waals surface area contributed by atoms with Gasteiger partial charge in [-0.05, 0) is 20.8 Å². The molecule has 0 spiro atoms. The molecule has 0 nitrogen and oxygen atoms in total. The first-order valence-corrected chi connectivity index (χ1v) is 2.75. The number of hydrogen-bond donors (Lipinski definition) is 0. The van der Waals surface area contributed by atoms with E-state index in [2.05, 4.69) is 26.7 Å². The van der Waals surface area contributed by atoms with Gasteiger partial charge in [-0.3, -0.25) is 0 Å². The number of hydrogen-bond acceptors (Lipinski definition) is 0. The largest absolute Gasteiger partial charge is 0.120 e. The number of allylic oxidation sites excluding steroid dienone is 2. The third kappa shape index (κ3) is 2.47. The predicted octanol–water partition coefficient (Wildman–Crippen LogP) is 2.37. The van der Waals surface area contributed by atoms with Crippen molar-refractivity contribution in [2.45, 2.75) is 27.2 Å². The second-order valence-electron chi connectivity index (χ2n) is 2.16. The minimum atomic E-state index is 0.794. The minimum Gasteiger partial charge on any atom is -0.120 e. The van der Waals surface area contributed by atoms with Crippen molar-refractivity contribution in [1.82, 2.24) is 0 Å². The zero-order valence-electron chi connectivity index (χ0n) is 5.78. The van der Waals surface area contributed by atoms with Crippen molar-refractivity contribution in [1.29, 1.82) is 0 Å². The maximum absolute atomic E-state index is 5.08. The third-order valence-corrected chi connectivity index (χ3v) is 1.22. The molecule has 0 saturated heterocycles. The average molecular weight is 108 g/mol. The molecule has 0 aliphatic carbocycles. The van der Waals surface area contributed by atoms with Gasteiger partial charge in [0.15, 0.2) is 0 Å². The fourth-order valence-electron chi connectivity index (χ4n) is 0.330. The van der Waals surface area contributed by atoms with E-state index < -0.39 is 0 Å². The van der Waals surface area contributed by atoms with Crippen molar-refractivity contribution < 1.29 is 0 Å². The first-order valence-electron chi connectivity index (χ1n) is 2.75. The van der Waals surface area contributed by atoms with Crippen LogP contribution in [0.1, 0.15) is 27.2 Å². The Kier molecular flexibility index (Phi) is 3.03. The zero-order chi connectivity index (χ0) is 6.57. The summed E-state index contributed by atoms with van der Waals surface area (Å²) in [6, 6.07) is 0. The normalized spacial score (nSPS) is 7.75. The molecule has 0 heteroatoms. The summed E-state index contributed by atoms with van der Waals surface area (Å²) in [5.74, 6) is 2.59. The molecule has 0 aliphatic rings. The highest BCUT2D eigenvalue weighted by atomic mass is 13.9. The van der Waals surface area contributed by atoms with Gasteiger partial charge in [0.25, 0.3) is 0 Å². The Labute approximate surface area is 51.6 Å². The SMILES string of the molecule is C#CCC(C)=C(C)C. The highest BCUT2D eigenvalue weighted by Crippen LogP contribution is 2.04. The fraction of sp³-hybridized carbons (Fsp3) is 0.500. The molecule has 0 rings (SSSR count). The summed E-state index contributed by atoms with van der Waals surface area (Å²) in [4.78, 5) is 0. The molecule has 0 aromatic carbocycles. The van der Waals surface area contributed by atoms with E-state index in [0.717, 1.165) is 6.42 Å². The lowest BCUT2D eigenvalue weighted by Gasteiger charge is -1.94.